The minimum atomic E-state index is 0.121. The number of aromatic nitrogens is 1. The molecule has 0 fully saturated rings. The van der Waals surface area contributed by atoms with Crippen LogP contribution >= 0.6 is 0 Å². The molecule has 0 saturated carbocycles. The summed E-state index contributed by atoms with van der Waals surface area (Å²) in [5.74, 6) is 0. The van der Waals surface area contributed by atoms with Crippen molar-refractivity contribution in [3.8, 4) is 0 Å². The molecule has 2 nitrogen and oxygen atoms in total. The van der Waals surface area contributed by atoms with E-state index in [4.69, 9.17) is 0 Å². The molecule has 84 valence electrons. The van der Waals surface area contributed by atoms with Crippen molar-refractivity contribution in [2.24, 2.45) is 0 Å². The molecule has 0 aromatic carbocycles. The number of nitrogens with zero attached hydrogens (tertiary/aromatic N) is 1. The molecular formula is C13H21NO. The summed E-state index contributed by atoms with van der Waals surface area (Å²) >= 11 is 0. The van der Waals surface area contributed by atoms with Gasteiger partial charge in [-0.1, -0.05) is 38.7 Å². The molecule has 0 amide bonds. The quantitative estimate of drug-likeness (QED) is 0.657. The number of aryl methyl sites for hydroxylation is 2. The zero-order chi connectivity index (χ0) is 11.1. The second-order valence-corrected chi connectivity index (χ2v) is 4.15. The molecule has 1 rings (SSSR count). The van der Waals surface area contributed by atoms with Crippen LogP contribution < -0.4 is 5.56 Å². The molecule has 15 heavy (non-hydrogen) atoms. The molecule has 2 heteroatoms. The smallest absolute Gasteiger partial charge is 0.250 e. The molecule has 0 unspecified atom stereocenters. The van der Waals surface area contributed by atoms with E-state index in [9.17, 15) is 4.79 Å². The Hall–Kier alpha value is -1.05. The average molecular weight is 207 g/mol. The van der Waals surface area contributed by atoms with E-state index in [0.717, 1.165) is 18.5 Å². The first-order valence-corrected chi connectivity index (χ1v) is 5.91. The van der Waals surface area contributed by atoms with Gasteiger partial charge in [0.1, 0.15) is 0 Å². The fraction of sp³-hybridized carbons (Fsp3) is 0.615. The third kappa shape index (κ3) is 4.32. The molecule has 0 atom stereocenters. The summed E-state index contributed by atoms with van der Waals surface area (Å²) in [6.07, 6.45) is 8.16. The Labute approximate surface area is 91.9 Å². The Balaban J connectivity index is 2.37. The molecular weight excluding hydrogens is 186 g/mol. The third-order valence-corrected chi connectivity index (χ3v) is 2.63. The summed E-state index contributed by atoms with van der Waals surface area (Å²) in [7, 11) is 0. The summed E-state index contributed by atoms with van der Waals surface area (Å²) in [6, 6.07) is 3.53. The molecule has 1 aromatic heterocycles. The normalized spacial score (nSPS) is 10.5. The van der Waals surface area contributed by atoms with Gasteiger partial charge in [-0.15, -0.1) is 0 Å². The van der Waals surface area contributed by atoms with Crippen LogP contribution in [0.4, 0.5) is 0 Å². The van der Waals surface area contributed by atoms with Gasteiger partial charge < -0.3 is 4.57 Å². The van der Waals surface area contributed by atoms with Crippen LogP contribution in [0.15, 0.2) is 23.1 Å². The summed E-state index contributed by atoms with van der Waals surface area (Å²) in [4.78, 5) is 11.5. The minimum Gasteiger partial charge on any atom is -0.315 e. The SMILES string of the molecule is CCCCCCCn1cc(C)ccc1=O. The summed E-state index contributed by atoms with van der Waals surface area (Å²) < 4.78 is 1.82. The maximum atomic E-state index is 11.5. The van der Waals surface area contributed by atoms with Crippen molar-refractivity contribution < 1.29 is 0 Å². The average Bonchev–Trinajstić information content (AvgIpc) is 2.23. The topological polar surface area (TPSA) is 22.0 Å². The Morgan fingerprint density at radius 3 is 2.60 bits per heavy atom. The van der Waals surface area contributed by atoms with Gasteiger partial charge >= 0.3 is 0 Å². The lowest BCUT2D eigenvalue weighted by atomic mass is 10.1. The zero-order valence-corrected chi connectivity index (χ0v) is 9.83. The number of hydrogen-bond acceptors (Lipinski definition) is 1. The highest BCUT2D eigenvalue weighted by Crippen LogP contribution is 2.03. The van der Waals surface area contributed by atoms with Crippen LogP contribution in [0.5, 0.6) is 0 Å². The van der Waals surface area contributed by atoms with Gasteiger partial charge in [-0.25, -0.2) is 0 Å². The van der Waals surface area contributed by atoms with E-state index in [1.165, 1.54) is 25.7 Å². The van der Waals surface area contributed by atoms with E-state index in [2.05, 4.69) is 6.92 Å². The van der Waals surface area contributed by atoms with Crippen molar-refractivity contribution in [2.45, 2.75) is 52.5 Å². The molecule has 0 bridgehead atoms. The van der Waals surface area contributed by atoms with Crippen molar-refractivity contribution in [1.82, 2.24) is 4.57 Å². The van der Waals surface area contributed by atoms with E-state index in [1.807, 2.05) is 23.8 Å². The molecule has 0 aliphatic heterocycles. The number of rotatable bonds is 6. The maximum absolute atomic E-state index is 11.5. The number of pyridine rings is 1. The van der Waals surface area contributed by atoms with Crippen LogP contribution in [-0.4, -0.2) is 4.57 Å². The van der Waals surface area contributed by atoms with Gasteiger partial charge in [0, 0.05) is 18.8 Å². The molecule has 0 N–H and O–H groups in total. The van der Waals surface area contributed by atoms with Crippen LogP contribution in [0, 0.1) is 6.92 Å². The standard InChI is InChI=1S/C13H21NO/c1-3-4-5-6-7-10-14-11-12(2)8-9-13(14)15/h8-9,11H,3-7,10H2,1-2H3. The third-order valence-electron chi connectivity index (χ3n) is 2.63. The number of unbranched alkanes of at least 4 members (excludes halogenated alkanes) is 4. The first-order valence-electron chi connectivity index (χ1n) is 5.91. The maximum Gasteiger partial charge on any atom is 0.250 e. The second kappa shape index (κ2) is 6.44. The van der Waals surface area contributed by atoms with E-state index in [-0.39, 0.29) is 5.56 Å². The molecule has 0 aliphatic carbocycles. The lowest BCUT2D eigenvalue weighted by Gasteiger charge is -2.05. The van der Waals surface area contributed by atoms with Gasteiger partial charge in [0.15, 0.2) is 0 Å². The van der Waals surface area contributed by atoms with Gasteiger partial charge in [0.05, 0.1) is 0 Å². The van der Waals surface area contributed by atoms with Gasteiger partial charge in [0.2, 0.25) is 0 Å². The van der Waals surface area contributed by atoms with Crippen LogP contribution in [0.2, 0.25) is 0 Å². The van der Waals surface area contributed by atoms with E-state index in [0.29, 0.717) is 0 Å². The first-order chi connectivity index (χ1) is 7.24. The molecule has 1 aromatic rings. The van der Waals surface area contributed by atoms with E-state index in [1.54, 1.807) is 6.07 Å². The first kappa shape index (κ1) is 12.0. The highest BCUT2D eigenvalue weighted by atomic mass is 16.1. The summed E-state index contributed by atoms with van der Waals surface area (Å²) in [5, 5.41) is 0. The van der Waals surface area contributed by atoms with Crippen LogP contribution in [0.1, 0.15) is 44.6 Å². The van der Waals surface area contributed by atoms with Crippen molar-refractivity contribution in [3.05, 3.63) is 34.2 Å². The minimum absolute atomic E-state index is 0.121. The van der Waals surface area contributed by atoms with Gasteiger partial charge in [-0.2, -0.15) is 0 Å². The van der Waals surface area contributed by atoms with Crippen LogP contribution in [0.25, 0.3) is 0 Å². The summed E-state index contributed by atoms with van der Waals surface area (Å²) in [6.45, 7) is 5.10. The van der Waals surface area contributed by atoms with Crippen LogP contribution in [0.3, 0.4) is 0 Å². The van der Waals surface area contributed by atoms with E-state index >= 15 is 0 Å². The van der Waals surface area contributed by atoms with E-state index < -0.39 is 0 Å². The van der Waals surface area contributed by atoms with Crippen LogP contribution in [-0.2, 0) is 6.54 Å². The molecule has 1 heterocycles. The Morgan fingerprint density at radius 1 is 1.13 bits per heavy atom. The monoisotopic (exact) mass is 207 g/mol. The molecule has 0 radical (unpaired) electrons. The van der Waals surface area contributed by atoms with Gasteiger partial charge in [0.25, 0.3) is 5.56 Å². The van der Waals surface area contributed by atoms with Gasteiger partial charge in [-0.3, -0.25) is 4.79 Å². The predicted octanol–water partition coefficient (Wildman–Crippen LogP) is 3.13. The van der Waals surface area contributed by atoms with Gasteiger partial charge in [-0.05, 0) is 18.9 Å². The van der Waals surface area contributed by atoms with Crippen molar-refractivity contribution >= 4 is 0 Å². The zero-order valence-electron chi connectivity index (χ0n) is 9.83. The fourth-order valence-corrected chi connectivity index (χ4v) is 1.71. The highest BCUT2D eigenvalue weighted by molar-refractivity contribution is 5.06. The second-order valence-electron chi connectivity index (χ2n) is 4.15. The summed E-state index contributed by atoms with van der Waals surface area (Å²) in [5.41, 5.74) is 1.28. The number of hydrogen-bond donors (Lipinski definition) is 0. The lowest BCUT2D eigenvalue weighted by molar-refractivity contribution is 0.557. The molecule has 0 saturated heterocycles. The highest BCUT2D eigenvalue weighted by Gasteiger charge is 1.95. The largest absolute Gasteiger partial charge is 0.315 e. The predicted molar refractivity (Wildman–Crippen MR) is 64.2 cm³/mol. The fourth-order valence-electron chi connectivity index (χ4n) is 1.71. The van der Waals surface area contributed by atoms with Crippen molar-refractivity contribution in [3.63, 3.8) is 0 Å². The van der Waals surface area contributed by atoms with Crippen molar-refractivity contribution in [1.29, 1.82) is 0 Å². The Bertz CT molecular complexity index is 341. The van der Waals surface area contributed by atoms with Crippen molar-refractivity contribution in [2.75, 3.05) is 0 Å². The molecule has 0 spiro atoms. The Morgan fingerprint density at radius 2 is 1.87 bits per heavy atom. The Kier molecular flexibility index (Phi) is 5.16. The lowest BCUT2D eigenvalue weighted by Crippen LogP contribution is -2.18. The molecule has 0 aliphatic rings.